The highest BCUT2D eigenvalue weighted by Gasteiger charge is 2.05. The number of hydrogen-bond donors (Lipinski definition) is 0. The number of hydrogen-bond acceptors (Lipinski definition) is 9. The molecule has 0 radical (unpaired) electrons. The van der Waals surface area contributed by atoms with Gasteiger partial charge in [-0.1, -0.05) is 36.4 Å². The fraction of sp³-hybridized carbons (Fsp3) is 0.519. The molecule has 0 bridgehead atoms. The van der Waals surface area contributed by atoms with Gasteiger partial charge in [-0.2, -0.15) is 0 Å². The van der Waals surface area contributed by atoms with Gasteiger partial charge in [-0.25, -0.2) is 4.79 Å². The summed E-state index contributed by atoms with van der Waals surface area (Å²) >= 11 is 0. The lowest BCUT2D eigenvalue weighted by atomic mass is 10.2. The van der Waals surface area contributed by atoms with Crippen LogP contribution in [-0.4, -0.2) is 98.5 Å². The maximum Gasteiger partial charge on any atom is 0.338 e. The summed E-state index contributed by atoms with van der Waals surface area (Å²) in [6, 6.07) is 18.5. The summed E-state index contributed by atoms with van der Waals surface area (Å²) in [5, 5.41) is 0. The van der Waals surface area contributed by atoms with E-state index < -0.39 is 0 Å². The Labute approximate surface area is 213 Å². The normalized spacial score (nSPS) is 10.9. The van der Waals surface area contributed by atoms with Crippen molar-refractivity contribution in [3.8, 4) is 5.75 Å². The van der Waals surface area contributed by atoms with E-state index in [9.17, 15) is 4.79 Å². The zero-order chi connectivity index (χ0) is 25.4. The molecule has 0 aromatic heterocycles. The van der Waals surface area contributed by atoms with Crippen molar-refractivity contribution >= 4 is 5.97 Å². The van der Waals surface area contributed by atoms with Crippen molar-refractivity contribution in [2.24, 2.45) is 0 Å². The van der Waals surface area contributed by atoms with Crippen LogP contribution in [0.2, 0.25) is 0 Å². The summed E-state index contributed by atoms with van der Waals surface area (Å²) in [6.07, 6.45) is 0. The quantitative estimate of drug-likeness (QED) is 0.167. The van der Waals surface area contributed by atoms with Crippen LogP contribution in [-0.2, 0) is 33.2 Å². The van der Waals surface area contributed by atoms with E-state index in [-0.39, 0.29) is 12.6 Å². The van der Waals surface area contributed by atoms with E-state index >= 15 is 0 Å². The average Bonchev–Trinajstić information content (AvgIpc) is 2.92. The van der Waals surface area contributed by atoms with Gasteiger partial charge in [-0.05, 0) is 24.3 Å². The Kier molecular flexibility index (Phi) is 17.9. The summed E-state index contributed by atoms with van der Waals surface area (Å²) in [5.41, 5.74) is 0.530. The molecule has 2 aromatic carbocycles. The Hall–Kier alpha value is -2.53. The number of rotatable bonds is 23. The van der Waals surface area contributed by atoms with Crippen molar-refractivity contribution in [2.75, 3.05) is 92.5 Å². The molecule has 0 saturated carbocycles. The first kappa shape index (κ1) is 29.7. The topological polar surface area (TPSA) is 90.9 Å². The van der Waals surface area contributed by atoms with Crippen LogP contribution in [0.5, 0.6) is 5.75 Å². The second-order valence-electron chi connectivity index (χ2n) is 7.34. The largest absolute Gasteiger partial charge is 0.491 e. The molecule has 0 fully saturated rings. The van der Waals surface area contributed by atoms with E-state index in [0.29, 0.717) is 91.5 Å². The molecule has 0 aliphatic heterocycles. The van der Waals surface area contributed by atoms with Gasteiger partial charge in [0.05, 0.1) is 84.8 Å². The first-order chi connectivity index (χ1) is 17.9. The van der Waals surface area contributed by atoms with Gasteiger partial charge >= 0.3 is 5.97 Å². The summed E-state index contributed by atoms with van der Waals surface area (Å²) in [7, 11) is 0. The molecule has 0 unspecified atom stereocenters. The fourth-order valence-electron chi connectivity index (χ4n) is 2.79. The highest BCUT2D eigenvalue weighted by Crippen LogP contribution is 2.07. The van der Waals surface area contributed by atoms with E-state index in [0.717, 1.165) is 5.75 Å². The minimum absolute atomic E-state index is 0.209. The van der Waals surface area contributed by atoms with Gasteiger partial charge < -0.3 is 37.9 Å². The van der Waals surface area contributed by atoms with Crippen LogP contribution < -0.4 is 4.74 Å². The maximum absolute atomic E-state index is 11.7. The van der Waals surface area contributed by atoms with Gasteiger partial charge in [0.1, 0.15) is 19.0 Å². The van der Waals surface area contributed by atoms with Crippen molar-refractivity contribution in [2.45, 2.75) is 0 Å². The number of esters is 1. The fourth-order valence-corrected chi connectivity index (χ4v) is 2.79. The standard InChI is InChI=1S/C27H38O9/c28-27(25-7-3-1-4-8-25)36-24-22-34-20-18-32-16-14-30-12-11-29-13-15-31-17-19-33-21-23-35-26-9-5-2-6-10-26/h1-10H,11-24H2. The van der Waals surface area contributed by atoms with Crippen LogP contribution in [0.15, 0.2) is 60.7 Å². The van der Waals surface area contributed by atoms with E-state index in [1.165, 1.54) is 0 Å². The SMILES string of the molecule is O=C(OCCOCCOCCOCCOCCOCCOCCOc1ccccc1)c1ccccc1. The predicted octanol–water partition coefficient (Wildman–Crippen LogP) is 3.02. The molecule has 2 rings (SSSR count). The molecule has 9 nitrogen and oxygen atoms in total. The molecular formula is C27H38O9. The molecule has 9 heteroatoms. The molecule has 200 valence electrons. The van der Waals surface area contributed by atoms with E-state index in [1.54, 1.807) is 24.3 Å². The summed E-state index contributed by atoms with van der Waals surface area (Å²) in [5.74, 6) is 0.489. The van der Waals surface area contributed by atoms with Crippen molar-refractivity contribution in [3.05, 3.63) is 66.2 Å². The lowest BCUT2D eigenvalue weighted by Crippen LogP contribution is -2.15. The zero-order valence-electron chi connectivity index (χ0n) is 20.8. The second-order valence-corrected chi connectivity index (χ2v) is 7.34. The van der Waals surface area contributed by atoms with Crippen molar-refractivity contribution in [1.29, 1.82) is 0 Å². The van der Waals surface area contributed by atoms with Crippen molar-refractivity contribution < 1.29 is 42.7 Å². The van der Waals surface area contributed by atoms with Gasteiger partial charge in [-0.15, -0.1) is 0 Å². The number of carbonyl (C=O) groups excluding carboxylic acids is 1. The average molecular weight is 507 g/mol. The Bertz CT molecular complexity index is 758. The molecule has 0 atom stereocenters. The molecule has 0 saturated heterocycles. The number of benzene rings is 2. The Morgan fingerprint density at radius 3 is 1.25 bits per heavy atom. The lowest BCUT2D eigenvalue weighted by molar-refractivity contribution is -0.0201. The summed E-state index contributed by atoms with van der Waals surface area (Å²) in [6.45, 7) is 6.48. The highest BCUT2D eigenvalue weighted by atomic mass is 16.6. The van der Waals surface area contributed by atoms with E-state index in [1.807, 2.05) is 36.4 Å². The summed E-state index contributed by atoms with van der Waals surface area (Å²) < 4.78 is 43.2. The maximum atomic E-state index is 11.7. The van der Waals surface area contributed by atoms with E-state index in [4.69, 9.17) is 37.9 Å². The Morgan fingerprint density at radius 2 is 0.806 bits per heavy atom. The van der Waals surface area contributed by atoms with Crippen LogP contribution in [0.25, 0.3) is 0 Å². The molecule has 0 amide bonds. The van der Waals surface area contributed by atoms with Crippen LogP contribution in [0.3, 0.4) is 0 Å². The zero-order valence-corrected chi connectivity index (χ0v) is 20.8. The van der Waals surface area contributed by atoms with Gasteiger partial charge in [0.25, 0.3) is 0 Å². The molecule has 0 spiro atoms. The van der Waals surface area contributed by atoms with E-state index in [2.05, 4.69) is 0 Å². The first-order valence-electron chi connectivity index (χ1n) is 12.2. The van der Waals surface area contributed by atoms with Gasteiger partial charge in [-0.3, -0.25) is 0 Å². The smallest absolute Gasteiger partial charge is 0.338 e. The van der Waals surface area contributed by atoms with Gasteiger partial charge in [0.2, 0.25) is 0 Å². The molecule has 36 heavy (non-hydrogen) atoms. The number of ether oxygens (including phenoxy) is 8. The van der Waals surface area contributed by atoms with Crippen LogP contribution >= 0.6 is 0 Å². The molecule has 2 aromatic rings. The Balaban J connectivity index is 1.21. The monoisotopic (exact) mass is 506 g/mol. The number of para-hydroxylation sites is 1. The first-order valence-corrected chi connectivity index (χ1v) is 12.2. The molecule has 0 aliphatic rings. The number of carbonyl (C=O) groups is 1. The third-order valence-electron chi connectivity index (χ3n) is 4.57. The molecular weight excluding hydrogens is 468 g/mol. The summed E-state index contributed by atoms with van der Waals surface area (Å²) in [4.78, 5) is 11.7. The van der Waals surface area contributed by atoms with Crippen LogP contribution in [0.1, 0.15) is 10.4 Å². The van der Waals surface area contributed by atoms with Crippen LogP contribution in [0, 0.1) is 0 Å². The van der Waals surface area contributed by atoms with Crippen LogP contribution in [0.4, 0.5) is 0 Å². The minimum Gasteiger partial charge on any atom is -0.491 e. The Morgan fingerprint density at radius 1 is 0.444 bits per heavy atom. The third kappa shape index (κ3) is 16.2. The molecule has 0 heterocycles. The van der Waals surface area contributed by atoms with Gasteiger partial charge in [0, 0.05) is 0 Å². The molecule has 0 N–H and O–H groups in total. The lowest BCUT2D eigenvalue weighted by Gasteiger charge is -2.09. The predicted molar refractivity (Wildman–Crippen MR) is 134 cm³/mol. The minimum atomic E-state index is -0.352. The molecule has 0 aliphatic carbocycles. The second kappa shape index (κ2) is 21.7. The van der Waals surface area contributed by atoms with Crippen molar-refractivity contribution in [1.82, 2.24) is 0 Å². The van der Waals surface area contributed by atoms with Crippen molar-refractivity contribution in [3.63, 3.8) is 0 Å². The van der Waals surface area contributed by atoms with Gasteiger partial charge in [0.15, 0.2) is 0 Å². The highest BCUT2D eigenvalue weighted by molar-refractivity contribution is 5.89. The third-order valence-corrected chi connectivity index (χ3v) is 4.57.